The number of carbonyl (C=O) groups is 1. The molecule has 80 valence electrons. The minimum absolute atomic E-state index is 0.233. The lowest BCUT2D eigenvalue weighted by Gasteiger charge is -2.03. The summed E-state index contributed by atoms with van der Waals surface area (Å²) in [5, 5.41) is 11.6. The van der Waals surface area contributed by atoms with Crippen molar-refractivity contribution >= 4 is 11.9 Å². The number of aliphatic carboxylic acids is 1. The molecule has 6 heteroatoms. The molecule has 0 saturated heterocycles. The zero-order valence-corrected chi connectivity index (χ0v) is 7.99. The summed E-state index contributed by atoms with van der Waals surface area (Å²) in [6.45, 7) is 0. The Balaban J connectivity index is 2.19. The molecule has 2 rings (SSSR count). The van der Waals surface area contributed by atoms with Crippen LogP contribution in [0.25, 0.3) is 0 Å². The van der Waals surface area contributed by atoms with E-state index in [2.05, 4.69) is 15.3 Å². The molecule has 1 heterocycles. The SMILES string of the molecule is O=C(O)Cc1cc(=O)[nH]c(NC2CC2)n1. The number of nitrogens with one attached hydrogen (secondary N) is 2. The molecule has 1 aliphatic carbocycles. The van der Waals surface area contributed by atoms with Crippen molar-refractivity contribution in [2.45, 2.75) is 25.3 Å². The second-order valence-corrected chi connectivity index (χ2v) is 3.57. The summed E-state index contributed by atoms with van der Waals surface area (Å²) in [4.78, 5) is 28.1. The van der Waals surface area contributed by atoms with Gasteiger partial charge in [-0.1, -0.05) is 0 Å². The number of carboxylic acid groups (broad SMARTS) is 1. The fourth-order valence-electron chi connectivity index (χ4n) is 1.24. The fourth-order valence-corrected chi connectivity index (χ4v) is 1.24. The van der Waals surface area contributed by atoms with Crippen LogP contribution in [0, 0.1) is 0 Å². The maximum absolute atomic E-state index is 11.2. The van der Waals surface area contributed by atoms with Gasteiger partial charge >= 0.3 is 5.97 Å². The smallest absolute Gasteiger partial charge is 0.309 e. The molecule has 15 heavy (non-hydrogen) atoms. The average Bonchev–Trinajstić information content (AvgIpc) is 2.85. The van der Waals surface area contributed by atoms with Crippen molar-refractivity contribution in [3.05, 3.63) is 22.1 Å². The summed E-state index contributed by atoms with van der Waals surface area (Å²) in [6.07, 6.45) is 1.89. The van der Waals surface area contributed by atoms with Gasteiger partial charge in [0.2, 0.25) is 5.95 Å². The first kappa shape index (κ1) is 9.70. The van der Waals surface area contributed by atoms with Gasteiger partial charge < -0.3 is 10.4 Å². The maximum atomic E-state index is 11.2. The molecule has 3 N–H and O–H groups in total. The van der Waals surface area contributed by atoms with Gasteiger partial charge in [0.25, 0.3) is 5.56 Å². The Bertz CT molecular complexity index is 436. The Labute approximate surface area is 85.4 Å². The number of aromatic nitrogens is 2. The largest absolute Gasteiger partial charge is 0.481 e. The number of nitrogens with zero attached hydrogens (tertiary/aromatic N) is 1. The fraction of sp³-hybridized carbons (Fsp3) is 0.444. The molecule has 1 saturated carbocycles. The van der Waals surface area contributed by atoms with Crippen molar-refractivity contribution in [3.8, 4) is 0 Å². The van der Waals surface area contributed by atoms with Gasteiger partial charge in [0.05, 0.1) is 12.1 Å². The van der Waals surface area contributed by atoms with Crippen LogP contribution in [-0.4, -0.2) is 27.1 Å². The molecule has 1 aliphatic rings. The van der Waals surface area contributed by atoms with E-state index in [-0.39, 0.29) is 17.7 Å². The number of aromatic amines is 1. The first-order valence-electron chi connectivity index (χ1n) is 4.72. The summed E-state index contributed by atoms with van der Waals surface area (Å²) in [7, 11) is 0. The van der Waals surface area contributed by atoms with Crippen LogP contribution in [0.2, 0.25) is 0 Å². The zero-order chi connectivity index (χ0) is 10.8. The number of rotatable bonds is 4. The van der Waals surface area contributed by atoms with Gasteiger partial charge in [-0.2, -0.15) is 0 Å². The number of hydrogen-bond donors (Lipinski definition) is 3. The Morgan fingerprint density at radius 1 is 1.67 bits per heavy atom. The lowest BCUT2D eigenvalue weighted by atomic mass is 10.3. The molecule has 0 atom stereocenters. The van der Waals surface area contributed by atoms with Gasteiger partial charge in [-0.05, 0) is 12.8 Å². The van der Waals surface area contributed by atoms with E-state index in [4.69, 9.17) is 5.11 Å². The van der Waals surface area contributed by atoms with Gasteiger partial charge in [0, 0.05) is 12.1 Å². The van der Waals surface area contributed by atoms with Crippen molar-refractivity contribution in [2.75, 3.05) is 5.32 Å². The van der Waals surface area contributed by atoms with Crippen molar-refractivity contribution in [1.82, 2.24) is 9.97 Å². The highest BCUT2D eigenvalue weighted by molar-refractivity contribution is 5.69. The first-order valence-corrected chi connectivity index (χ1v) is 4.72. The highest BCUT2D eigenvalue weighted by Crippen LogP contribution is 2.22. The summed E-state index contributed by atoms with van der Waals surface area (Å²) in [5.41, 5.74) is -0.0567. The maximum Gasteiger partial charge on any atom is 0.309 e. The third kappa shape index (κ3) is 2.80. The molecule has 0 unspecified atom stereocenters. The third-order valence-electron chi connectivity index (χ3n) is 2.05. The Morgan fingerprint density at radius 2 is 2.40 bits per heavy atom. The van der Waals surface area contributed by atoms with Crippen LogP contribution in [0.1, 0.15) is 18.5 Å². The van der Waals surface area contributed by atoms with Crippen LogP contribution in [0.15, 0.2) is 10.9 Å². The standard InChI is InChI=1S/C9H11N3O3/c13-7-3-6(4-8(14)15)11-9(12-7)10-5-1-2-5/h3,5H,1-2,4H2,(H,14,15)(H2,10,11,12,13). The predicted octanol–water partition coefficient (Wildman–Crippen LogP) is -0.0287. The highest BCUT2D eigenvalue weighted by Gasteiger charge is 2.21. The normalized spacial score (nSPS) is 14.9. The van der Waals surface area contributed by atoms with Crippen molar-refractivity contribution in [2.24, 2.45) is 0 Å². The Kier molecular flexibility index (Phi) is 2.40. The van der Waals surface area contributed by atoms with E-state index in [0.29, 0.717) is 12.0 Å². The number of H-pyrrole nitrogens is 1. The second kappa shape index (κ2) is 3.72. The molecule has 1 aromatic rings. The molecule has 6 nitrogen and oxygen atoms in total. The number of hydrogen-bond acceptors (Lipinski definition) is 4. The van der Waals surface area contributed by atoms with E-state index in [1.165, 1.54) is 6.07 Å². The minimum Gasteiger partial charge on any atom is -0.481 e. The van der Waals surface area contributed by atoms with Crippen LogP contribution in [0.5, 0.6) is 0 Å². The monoisotopic (exact) mass is 209 g/mol. The van der Waals surface area contributed by atoms with E-state index in [0.717, 1.165) is 12.8 Å². The lowest BCUT2D eigenvalue weighted by Crippen LogP contribution is -2.16. The molecular formula is C9H11N3O3. The molecule has 1 aromatic heterocycles. The second-order valence-electron chi connectivity index (χ2n) is 3.57. The average molecular weight is 209 g/mol. The van der Waals surface area contributed by atoms with Crippen molar-refractivity contribution < 1.29 is 9.90 Å². The van der Waals surface area contributed by atoms with Gasteiger partial charge in [-0.25, -0.2) is 4.98 Å². The van der Waals surface area contributed by atoms with Gasteiger partial charge in [0.1, 0.15) is 0 Å². The van der Waals surface area contributed by atoms with Crippen LogP contribution in [0.4, 0.5) is 5.95 Å². The Hall–Kier alpha value is -1.85. The lowest BCUT2D eigenvalue weighted by molar-refractivity contribution is -0.136. The molecule has 0 amide bonds. The molecule has 1 fully saturated rings. The van der Waals surface area contributed by atoms with Crippen LogP contribution in [0.3, 0.4) is 0 Å². The number of anilines is 1. The van der Waals surface area contributed by atoms with E-state index >= 15 is 0 Å². The summed E-state index contributed by atoms with van der Waals surface area (Å²) < 4.78 is 0. The van der Waals surface area contributed by atoms with Gasteiger partial charge in [-0.15, -0.1) is 0 Å². The molecular weight excluding hydrogens is 198 g/mol. The third-order valence-corrected chi connectivity index (χ3v) is 2.05. The van der Waals surface area contributed by atoms with Gasteiger partial charge in [-0.3, -0.25) is 14.6 Å². The first-order chi connectivity index (χ1) is 7.13. The summed E-state index contributed by atoms with van der Waals surface area (Å²) >= 11 is 0. The highest BCUT2D eigenvalue weighted by atomic mass is 16.4. The van der Waals surface area contributed by atoms with E-state index < -0.39 is 5.97 Å². The van der Waals surface area contributed by atoms with Crippen molar-refractivity contribution in [1.29, 1.82) is 0 Å². The minimum atomic E-state index is -0.995. The predicted molar refractivity (Wildman–Crippen MR) is 52.8 cm³/mol. The topological polar surface area (TPSA) is 95.1 Å². The summed E-state index contributed by atoms with van der Waals surface area (Å²) in [6, 6.07) is 1.57. The molecule has 0 aromatic carbocycles. The van der Waals surface area contributed by atoms with Crippen LogP contribution < -0.4 is 10.9 Å². The molecule has 0 bridgehead atoms. The Morgan fingerprint density at radius 3 is 3.00 bits per heavy atom. The van der Waals surface area contributed by atoms with E-state index in [1.807, 2.05) is 0 Å². The number of carboxylic acids is 1. The van der Waals surface area contributed by atoms with Crippen molar-refractivity contribution in [3.63, 3.8) is 0 Å². The molecule has 0 radical (unpaired) electrons. The summed E-state index contributed by atoms with van der Waals surface area (Å²) in [5.74, 6) is -0.633. The zero-order valence-electron chi connectivity index (χ0n) is 7.99. The van der Waals surface area contributed by atoms with E-state index in [9.17, 15) is 9.59 Å². The molecule has 0 aliphatic heterocycles. The quantitative estimate of drug-likeness (QED) is 0.647. The molecule has 0 spiro atoms. The van der Waals surface area contributed by atoms with Crippen LogP contribution in [-0.2, 0) is 11.2 Å². The van der Waals surface area contributed by atoms with Gasteiger partial charge in [0.15, 0.2) is 0 Å². The van der Waals surface area contributed by atoms with Crippen LogP contribution >= 0.6 is 0 Å². The van der Waals surface area contributed by atoms with E-state index in [1.54, 1.807) is 0 Å².